The van der Waals surface area contributed by atoms with Crippen molar-refractivity contribution in [3.8, 4) is 0 Å². The zero-order chi connectivity index (χ0) is 17.4. The van der Waals surface area contributed by atoms with Gasteiger partial charge in [-0.2, -0.15) is 0 Å². The number of aliphatic hydroxyl groups is 1. The number of Topliss-reactive ketones (excluding diaryl/α,β-unsaturated/α-hetero) is 1. The van der Waals surface area contributed by atoms with Gasteiger partial charge in [-0.25, -0.2) is 4.79 Å². The van der Waals surface area contributed by atoms with Crippen LogP contribution < -0.4 is 11.2 Å². The third-order valence-corrected chi connectivity index (χ3v) is 4.19. The fraction of sp³-hybridized carbons (Fsp3) is 0.538. The van der Waals surface area contributed by atoms with Crippen LogP contribution in [0.25, 0.3) is 0 Å². The monoisotopic (exact) mass is 390 g/mol. The Labute approximate surface area is 138 Å². The zero-order valence-corrected chi connectivity index (χ0v) is 14.0. The second-order valence-electron chi connectivity index (χ2n) is 5.21. The van der Waals surface area contributed by atoms with Crippen molar-refractivity contribution in [1.82, 2.24) is 9.55 Å². The number of halogens is 1. The highest BCUT2D eigenvalue weighted by atomic mass is 79.9. The summed E-state index contributed by atoms with van der Waals surface area (Å²) in [5, 5.41) is 10.5. The fourth-order valence-corrected chi connectivity index (χ4v) is 2.65. The maximum absolute atomic E-state index is 11.9. The molecule has 0 saturated carbocycles. The second-order valence-corrected chi connectivity index (χ2v) is 6.06. The number of ketones is 1. The SMILES string of the molecule is CC(=O)OC[C@H]1O[C@@H](n2cc(Br)c(=O)[nH]c2=O)C[C@@]1(O)C(C)=O. The minimum Gasteiger partial charge on any atom is -0.463 e. The summed E-state index contributed by atoms with van der Waals surface area (Å²) in [6.07, 6.45) is -1.12. The summed E-state index contributed by atoms with van der Waals surface area (Å²) in [6.45, 7) is 2.03. The van der Waals surface area contributed by atoms with E-state index in [1.165, 1.54) is 20.0 Å². The number of hydrogen-bond acceptors (Lipinski definition) is 7. The predicted molar refractivity (Wildman–Crippen MR) is 79.8 cm³/mol. The largest absolute Gasteiger partial charge is 0.463 e. The number of carbonyl (C=O) groups excluding carboxylic acids is 2. The number of rotatable bonds is 4. The molecule has 9 nitrogen and oxygen atoms in total. The van der Waals surface area contributed by atoms with Gasteiger partial charge in [-0.05, 0) is 22.9 Å². The smallest absolute Gasteiger partial charge is 0.330 e. The van der Waals surface area contributed by atoms with Gasteiger partial charge in [0.25, 0.3) is 5.56 Å². The van der Waals surface area contributed by atoms with Crippen LogP contribution in [-0.4, -0.2) is 44.7 Å². The normalized spacial score (nSPS) is 27.0. The van der Waals surface area contributed by atoms with Gasteiger partial charge in [0, 0.05) is 19.5 Å². The molecule has 1 aromatic rings. The Kier molecular flexibility index (Phi) is 4.87. The van der Waals surface area contributed by atoms with E-state index in [4.69, 9.17) is 9.47 Å². The van der Waals surface area contributed by atoms with Crippen LogP contribution in [0.5, 0.6) is 0 Å². The minimum atomic E-state index is -1.90. The zero-order valence-electron chi connectivity index (χ0n) is 12.4. The maximum atomic E-state index is 11.9. The molecule has 0 bridgehead atoms. The lowest BCUT2D eigenvalue weighted by Gasteiger charge is -2.24. The van der Waals surface area contributed by atoms with Crippen molar-refractivity contribution < 1.29 is 24.2 Å². The van der Waals surface area contributed by atoms with Crippen molar-refractivity contribution >= 4 is 27.7 Å². The number of carbonyl (C=O) groups is 2. The molecule has 1 aliphatic heterocycles. The molecule has 0 amide bonds. The standard InChI is InChI=1S/C13H15BrN2O7/c1-6(17)13(21)3-10(23-9(13)5-22-7(2)18)16-4-8(14)11(19)15-12(16)20/h4,9-10,21H,3,5H2,1-2H3,(H,15,19,20)/t9-,10-,13-/m1/s1. The molecule has 0 aromatic carbocycles. The highest BCUT2D eigenvalue weighted by Crippen LogP contribution is 2.37. The molecule has 0 radical (unpaired) electrons. The highest BCUT2D eigenvalue weighted by Gasteiger charge is 2.52. The Morgan fingerprint density at radius 2 is 2.17 bits per heavy atom. The lowest BCUT2D eigenvalue weighted by atomic mass is 9.91. The van der Waals surface area contributed by atoms with Gasteiger partial charge in [-0.15, -0.1) is 0 Å². The van der Waals surface area contributed by atoms with Crippen molar-refractivity contribution in [2.24, 2.45) is 0 Å². The molecule has 0 spiro atoms. The molecule has 10 heteroatoms. The number of aromatic nitrogens is 2. The molecule has 1 aliphatic rings. The topological polar surface area (TPSA) is 128 Å². The molecule has 0 aliphatic carbocycles. The van der Waals surface area contributed by atoms with Crippen LogP contribution in [-0.2, 0) is 19.1 Å². The van der Waals surface area contributed by atoms with Gasteiger partial charge in [0.05, 0.1) is 4.47 Å². The lowest BCUT2D eigenvalue weighted by Crippen LogP contribution is -2.47. The Hall–Kier alpha value is -1.78. The first-order valence-electron chi connectivity index (χ1n) is 6.68. The summed E-state index contributed by atoms with van der Waals surface area (Å²) in [5.41, 5.74) is -3.26. The van der Waals surface area contributed by atoms with E-state index in [-0.39, 0.29) is 17.5 Å². The maximum Gasteiger partial charge on any atom is 0.330 e. The first kappa shape index (κ1) is 17.6. The molecule has 1 aromatic heterocycles. The molecule has 2 heterocycles. The molecule has 3 atom stereocenters. The average Bonchev–Trinajstić information content (AvgIpc) is 2.79. The summed E-state index contributed by atoms with van der Waals surface area (Å²) in [6, 6.07) is 0. The van der Waals surface area contributed by atoms with Gasteiger partial charge in [0.2, 0.25) is 0 Å². The molecule has 126 valence electrons. The van der Waals surface area contributed by atoms with Crippen LogP contribution in [0.4, 0.5) is 0 Å². The first-order valence-corrected chi connectivity index (χ1v) is 7.47. The van der Waals surface area contributed by atoms with E-state index in [2.05, 4.69) is 20.9 Å². The van der Waals surface area contributed by atoms with E-state index in [1.54, 1.807) is 0 Å². The van der Waals surface area contributed by atoms with Crippen LogP contribution in [0, 0.1) is 0 Å². The molecule has 1 saturated heterocycles. The van der Waals surface area contributed by atoms with Crippen molar-refractivity contribution in [2.75, 3.05) is 6.61 Å². The third-order valence-electron chi connectivity index (χ3n) is 3.62. The molecule has 2 N–H and O–H groups in total. The van der Waals surface area contributed by atoms with Gasteiger partial charge < -0.3 is 14.6 Å². The number of nitrogens with one attached hydrogen (secondary N) is 1. The van der Waals surface area contributed by atoms with Gasteiger partial charge in [0.1, 0.15) is 18.9 Å². The van der Waals surface area contributed by atoms with Crippen LogP contribution in [0.2, 0.25) is 0 Å². The van der Waals surface area contributed by atoms with Crippen molar-refractivity contribution in [3.63, 3.8) is 0 Å². The number of hydrogen-bond donors (Lipinski definition) is 2. The fourth-order valence-electron chi connectivity index (χ4n) is 2.33. The van der Waals surface area contributed by atoms with E-state index in [0.29, 0.717) is 0 Å². The summed E-state index contributed by atoms with van der Waals surface area (Å²) in [4.78, 5) is 48.0. The van der Waals surface area contributed by atoms with Crippen LogP contribution in [0.15, 0.2) is 20.3 Å². The Morgan fingerprint density at radius 3 is 2.74 bits per heavy atom. The Morgan fingerprint density at radius 1 is 1.52 bits per heavy atom. The van der Waals surface area contributed by atoms with E-state index < -0.39 is 40.9 Å². The summed E-state index contributed by atoms with van der Waals surface area (Å²) < 4.78 is 11.5. The molecule has 23 heavy (non-hydrogen) atoms. The van der Waals surface area contributed by atoms with Crippen molar-refractivity contribution in [2.45, 2.75) is 38.2 Å². The van der Waals surface area contributed by atoms with Crippen molar-refractivity contribution in [3.05, 3.63) is 31.5 Å². The second kappa shape index (κ2) is 6.38. The predicted octanol–water partition coefficient (Wildman–Crippen LogP) is -0.530. The number of ether oxygens (including phenoxy) is 2. The first-order chi connectivity index (χ1) is 10.6. The molecule has 2 rings (SSSR count). The van der Waals surface area contributed by atoms with Crippen LogP contribution >= 0.6 is 15.9 Å². The number of esters is 1. The summed E-state index contributed by atoms with van der Waals surface area (Å²) in [7, 11) is 0. The van der Waals surface area contributed by atoms with Gasteiger partial charge in [0.15, 0.2) is 11.4 Å². The van der Waals surface area contributed by atoms with Crippen LogP contribution in [0.3, 0.4) is 0 Å². The average molecular weight is 391 g/mol. The van der Waals surface area contributed by atoms with Gasteiger partial charge >= 0.3 is 11.7 Å². The van der Waals surface area contributed by atoms with E-state index >= 15 is 0 Å². The minimum absolute atomic E-state index is 0.0931. The highest BCUT2D eigenvalue weighted by molar-refractivity contribution is 9.10. The van der Waals surface area contributed by atoms with Crippen LogP contribution in [0.1, 0.15) is 26.5 Å². The van der Waals surface area contributed by atoms with Gasteiger partial charge in [-0.1, -0.05) is 0 Å². The molecule has 1 fully saturated rings. The number of nitrogens with zero attached hydrogens (tertiary/aromatic N) is 1. The third kappa shape index (κ3) is 3.43. The lowest BCUT2D eigenvalue weighted by molar-refractivity contribution is -0.157. The molecule has 0 unspecified atom stereocenters. The number of aromatic amines is 1. The Bertz CT molecular complexity index is 755. The van der Waals surface area contributed by atoms with Crippen molar-refractivity contribution in [1.29, 1.82) is 0 Å². The summed E-state index contributed by atoms with van der Waals surface area (Å²) in [5.74, 6) is -1.17. The van der Waals surface area contributed by atoms with E-state index in [1.807, 2.05) is 0 Å². The van der Waals surface area contributed by atoms with E-state index in [9.17, 15) is 24.3 Å². The molecular formula is C13H15BrN2O7. The quantitative estimate of drug-likeness (QED) is 0.661. The number of H-pyrrole nitrogens is 1. The summed E-state index contributed by atoms with van der Waals surface area (Å²) >= 11 is 2.99. The van der Waals surface area contributed by atoms with Gasteiger partial charge in [-0.3, -0.25) is 23.9 Å². The Balaban J connectivity index is 2.35. The van der Waals surface area contributed by atoms with E-state index in [0.717, 1.165) is 4.57 Å². The molecular weight excluding hydrogens is 376 g/mol.